The molecule has 6 nitrogen and oxygen atoms in total. The van der Waals surface area contributed by atoms with E-state index in [0.29, 0.717) is 25.1 Å². The summed E-state index contributed by atoms with van der Waals surface area (Å²) in [6.07, 6.45) is -0.678. The van der Waals surface area contributed by atoms with Crippen molar-refractivity contribution >= 4 is 26.7 Å². The molecule has 0 spiro atoms. The summed E-state index contributed by atoms with van der Waals surface area (Å²) in [7, 11) is 0. The first-order valence-corrected chi connectivity index (χ1v) is 10.1. The molecule has 1 aliphatic rings. The van der Waals surface area contributed by atoms with E-state index >= 15 is 0 Å². The van der Waals surface area contributed by atoms with Gasteiger partial charge in [-0.25, -0.2) is 4.68 Å². The van der Waals surface area contributed by atoms with E-state index in [9.17, 15) is 9.90 Å². The quantitative estimate of drug-likeness (QED) is 0.655. The van der Waals surface area contributed by atoms with Gasteiger partial charge in [-0.05, 0) is 18.2 Å². The van der Waals surface area contributed by atoms with Gasteiger partial charge in [-0.3, -0.25) is 9.69 Å². The molecule has 1 unspecified atom stereocenters. The number of benzene rings is 2. The third kappa shape index (κ3) is 4.17. The number of hydrogen-bond acceptors (Lipinski definition) is 5. The standard InChI is InChI=1S/C21H22BrN3O3/c22-16-7-5-15(6-8-16)20-18-3-1-2-4-19(18)21(27)25(23-20)14-17(26)13-24-9-11-28-12-10-24/h1-8,17,26H,9-14H2. The Bertz CT molecular complexity index is 1010. The molecule has 1 aromatic heterocycles. The molecule has 1 aliphatic heterocycles. The van der Waals surface area contributed by atoms with E-state index in [1.807, 2.05) is 48.5 Å². The minimum Gasteiger partial charge on any atom is -0.390 e. The number of halogens is 1. The van der Waals surface area contributed by atoms with Crippen molar-refractivity contribution in [3.8, 4) is 11.3 Å². The molecule has 0 bridgehead atoms. The zero-order valence-corrected chi connectivity index (χ0v) is 17.0. The number of fused-ring (bicyclic) bond motifs is 1. The Kier molecular flexibility index (Phi) is 5.87. The molecule has 1 atom stereocenters. The maximum atomic E-state index is 12.9. The van der Waals surface area contributed by atoms with Crippen molar-refractivity contribution in [3.05, 3.63) is 63.4 Å². The van der Waals surface area contributed by atoms with Crippen LogP contribution in [0.15, 0.2) is 57.8 Å². The summed E-state index contributed by atoms with van der Waals surface area (Å²) < 4.78 is 7.72. The van der Waals surface area contributed by atoms with Crippen LogP contribution >= 0.6 is 15.9 Å². The Labute approximate surface area is 171 Å². The highest BCUT2D eigenvalue weighted by Gasteiger charge is 2.18. The SMILES string of the molecule is O=c1c2ccccc2c(-c2ccc(Br)cc2)nn1CC(O)CN1CCOCC1. The van der Waals surface area contributed by atoms with Crippen molar-refractivity contribution in [2.24, 2.45) is 0 Å². The van der Waals surface area contributed by atoms with Crippen LogP contribution in [-0.2, 0) is 11.3 Å². The lowest BCUT2D eigenvalue weighted by molar-refractivity contribution is 0.0106. The Morgan fingerprint density at radius 2 is 1.71 bits per heavy atom. The van der Waals surface area contributed by atoms with Gasteiger partial charge >= 0.3 is 0 Å². The fourth-order valence-electron chi connectivity index (χ4n) is 3.52. The fraction of sp³-hybridized carbons (Fsp3) is 0.333. The monoisotopic (exact) mass is 443 g/mol. The average Bonchev–Trinajstić information content (AvgIpc) is 2.72. The van der Waals surface area contributed by atoms with Gasteiger partial charge in [-0.2, -0.15) is 5.10 Å². The van der Waals surface area contributed by atoms with Gasteiger partial charge in [0.2, 0.25) is 0 Å². The van der Waals surface area contributed by atoms with Crippen LogP contribution in [0.5, 0.6) is 0 Å². The number of hydrogen-bond donors (Lipinski definition) is 1. The molecule has 0 saturated carbocycles. The molecule has 1 N–H and O–H groups in total. The average molecular weight is 444 g/mol. The highest BCUT2D eigenvalue weighted by Crippen LogP contribution is 2.26. The zero-order chi connectivity index (χ0) is 19.5. The summed E-state index contributed by atoms with van der Waals surface area (Å²) >= 11 is 3.45. The summed E-state index contributed by atoms with van der Waals surface area (Å²) in [4.78, 5) is 15.1. The first-order valence-electron chi connectivity index (χ1n) is 9.36. The van der Waals surface area contributed by atoms with Gasteiger partial charge in [0.25, 0.3) is 5.56 Å². The van der Waals surface area contributed by atoms with Crippen molar-refractivity contribution in [3.63, 3.8) is 0 Å². The summed E-state index contributed by atoms with van der Waals surface area (Å²) in [5.41, 5.74) is 1.48. The first kappa shape index (κ1) is 19.3. The number of aliphatic hydroxyl groups is 1. The Balaban J connectivity index is 1.69. The number of nitrogens with zero attached hydrogens (tertiary/aromatic N) is 3. The fourth-order valence-corrected chi connectivity index (χ4v) is 3.78. The van der Waals surface area contributed by atoms with Crippen molar-refractivity contribution in [1.82, 2.24) is 14.7 Å². The molecule has 28 heavy (non-hydrogen) atoms. The summed E-state index contributed by atoms with van der Waals surface area (Å²) in [6, 6.07) is 15.3. The van der Waals surface area contributed by atoms with Crippen LogP contribution in [0.2, 0.25) is 0 Å². The zero-order valence-electron chi connectivity index (χ0n) is 15.4. The Morgan fingerprint density at radius 1 is 1.04 bits per heavy atom. The molecule has 2 heterocycles. The normalized spacial score (nSPS) is 16.4. The van der Waals surface area contributed by atoms with Crippen LogP contribution in [-0.4, -0.2) is 58.7 Å². The maximum absolute atomic E-state index is 12.9. The van der Waals surface area contributed by atoms with Crippen LogP contribution in [0.3, 0.4) is 0 Å². The third-order valence-electron chi connectivity index (χ3n) is 4.94. The van der Waals surface area contributed by atoms with Crippen LogP contribution in [0.4, 0.5) is 0 Å². The first-order chi connectivity index (χ1) is 13.6. The van der Waals surface area contributed by atoms with Crippen molar-refractivity contribution < 1.29 is 9.84 Å². The molecule has 0 amide bonds. The number of β-amino-alcohol motifs (C(OH)–C–C–N with tert-alkyl or cyclic N) is 1. The molecule has 0 radical (unpaired) electrons. The molecule has 7 heteroatoms. The maximum Gasteiger partial charge on any atom is 0.274 e. The van der Waals surface area contributed by atoms with Gasteiger partial charge in [-0.1, -0.05) is 46.3 Å². The molecule has 4 rings (SSSR count). The molecule has 3 aromatic rings. The van der Waals surface area contributed by atoms with Crippen molar-refractivity contribution in [2.75, 3.05) is 32.8 Å². The summed E-state index contributed by atoms with van der Waals surface area (Å²) in [5.74, 6) is 0. The molecule has 2 aromatic carbocycles. The molecule has 1 saturated heterocycles. The van der Waals surface area contributed by atoms with E-state index in [0.717, 1.165) is 34.2 Å². The topological polar surface area (TPSA) is 67.6 Å². The predicted molar refractivity (Wildman–Crippen MR) is 112 cm³/mol. The van der Waals surface area contributed by atoms with E-state index < -0.39 is 6.10 Å². The van der Waals surface area contributed by atoms with Crippen LogP contribution < -0.4 is 5.56 Å². The second-order valence-corrected chi connectivity index (χ2v) is 7.87. The van der Waals surface area contributed by atoms with Crippen molar-refractivity contribution in [1.29, 1.82) is 0 Å². The second kappa shape index (κ2) is 8.53. The molecule has 146 valence electrons. The van der Waals surface area contributed by atoms with Gasteiger partial charge < -0.3 is 9.84 Å². The molecule has 0 aliphatic carbocycles. The summed E-state index contributed by atoms with van der Waals surface area (Å²) in [6.45, 7) is 3.59. The van der Waals surface area contributed by atoms with Crippen LogP contribution in [0.1, 0.15) is 0 Å². The number of rotatable bonds is 5. The number of morpholine rings is 1. The van der Waals surface area contributed by atoms with Gasteiger partial charge in [0, 0.05) is 35.1 Å². The lowest BCUT2D eigenvalue weighted by Crippen LogP contribution is -2.43. The Hall–Kier alpha value is -2.06. The van der Waals surface area contributed by atoms with E-state index in [1.54, 1.807) is 0 Å². The number of ether oxygens (including phenoxy) is 1. The largest absolute Gasteiger partial charge is 0.390 e. The molecular weight excluding hydrogens is 422 g/mol. The number of aromatic nitrogens is 2. The van der Waals surface area contributed by atoms with E-state index in [4.69, 9.17) is 4.74 Å². The smallest absolute Gasteiger partial charge is 0.274 e. The highest BCUT2D eigenvalue weighted by atomic mass is 79.9. The second-order valence-electron chi connectivity index (χ2n) is 6.96. The van der Waals surface area contributed by atoms with E-state index in [-0.39, 0.29) is 12.1 Å². The minimum absolute atomic E-state index is 0.157. The minimum atomic E-state index is -0.678. The molecule has 1 fully saturated rings. The van der Waals surface area contributed by atoms with Crippen LogP contribution in [0, 0.1) is 0 Å². The van der Waals surface area contributed by atoms with Gasteiger partial charge in [0.1, 0.15) is 0 Å². The third-order valence-corrected chi connectivity index (χ3v) is 5.47. The predicted octanol–water partition coefficient (Wildman–Crippen LogP) is 2.52. The summed E-state index contributed by atoms with van der Waals surface area (Å²) in [5, 5.41) is 16.6. The van der Waals surface area contributed by atoms with Gasteiger partial charge in [0.15, 0.2) is 0 Å². The van der Waals surface area contributed by atoms with Crippen LogP contribution in [0.25, 0.3) is 22.0 Å². The van der Waals surface area contributed by atoms with Crippen molar-refractivity contribution in [2.45, 2.75) is 12.6 Å². The van der Waals surface area contributed by atoms with E-state index in [1.165, 1.54) is 4.68 Å². The highest BCUT2D eigenvalue weighted by molar-refractivity contribution is 9.10. The molecular formula is C21H22BrN3O3. The number of aliphatic hydroxyl groups excluding tert-OH is 1. The lowest BCUT2D eigenvalue weighted by Gasteiger charge is -2.28. The van der Waals surface area contributed by atoms with Gasteiger partial charge in [-0.15, -0.1) is 0 Å². The Morgan fingerprint density at radius 3 is 2.43 bits per heavy atom. The van der Waals surface area contributed by atoms with Gasteiger partial charge in [0.05, 0.1) is 36.9 Å². The lowest BCUT2D eigenvalue weighted by atomic mass is 10.1. The van der Waals surface area contributed by atoms with E-state index in [2.05, 4.69) is 25.9 Å².